The monoisotopic (exact) mass is 294 g/mol. The SMILES string of the molecule is C[C@H](N)c1ccc(Sc2n[nH]c(=O)n2C2CC2)c(F)c1. The molecule has 7 heteroatoms. The number of nitrogens with zero attached hydrogens (tertiary/aromatic N) is 2. The fourth-order valence-corrected chi connectivity index (χ4v) is 2.91. The Labute approximate surface area is 119 Å². The molecule has 0 aliphatic heterocycles. The second kappa shape index (κ2) is 5.06. The lowest BCUT2D eigenvalue weighted by molar-refractivity contribution is 0.594. The van der Waals surface area contributed by atoms with Gasteiger partial charge in [0.15, 0.2) is 5.16 Å². The average Bonchev–Trinajstić information content (AvgIpc) is 3.17. The first-order valence-corrected chi connectivity index (χ1v) is 7.27. The van der Waals surface area contributed by atoms with Crippen LogP contribution in [0.2, 0.25) is 0 Å². The number of halogens is 1. The largest absolute Gasteiger partial charge is 0.344 e. The van der Waals surface area contributed by atoms with Gasteiger partial charge in [0.05, 0.1) is 4.90 Å². The Hall–Kier alpha value is -1.60. The number of rotatable bonds is 4. The number of nitrogens with two attached hydrogens (primary N) is 1. The Morgan fingerprint density at radius 2 is 2.30 bits per heavy atom. The van der Waals surface area contributed by atoms with E-state index < -0.39 is 0 Å². The van der Waals surface area contributed by atoms with E-state index in [4.69, 9.17) is 5.73 Å². The highest BCUT2D eigenvalue weighted by molar-refractivity contribution is 7.99. The molecule has 0 radical (unpaired) electrons. The smallest absolute Gasteiger partial charge is 0.324 e. The second-order valence-corrected chi connectivity index (χ2v) is 6.00. The van der Waals surface area contributed by atoms with Gasteiger partial charge in [0.2, 0.25) is 0 Å². The van der Waals surface area contributed by atoms with Crippen LogP contribution in [0.4, 0.5) is 4.39 Å². The molecule has 1 fully saturated rings. The Morgan fingerprint density at radius 1 is 1.55 bits per heavy atom. The van der Waals surface area contributed by atoms with Crippen molar-refractivity contribution >= 4 is 11.8 Å². The Morgan fingerprint density at radius 3 is 2.90 bits per heavy atom. The molecule has 1 aromatic heterocycles. The van der Waals surface area contributed by atoms with Crippen LogP contribution in [-0.4, -0.2) is 14.8 Å². The van der Waals surface area contributed by atoms with Crippen molar-refractivity contribution < 1.29 is 4.39 Å². The molecule has 0 saturated heterocycles. The van der Waals surface area contributed by atoms with E-state index in [9.17, 15) is 9.18 Å². The van der Waals surface area contributed by atoms with Gasteiger partial charge in [0.25, 0.3) is 0 Å². The lowest BCUT2D eigenvalue weighted by Crippen LogP contribution is -2.16. The van der Waals surface area contributed by atoms with Crippen LogP contribution in [0, 0.1) is 5.82 Å². The van der Waals surface area contributed by atoms with Gasteiger partial charge in [-0.1, -0.05) is 6.07 Å². The molecule has 106 valence electrons. The molecular weight excluding hydrogens is 279 g/mol. The first-order valence-electron chi connectivity index (χ1n) is 6.46. The summed E-state index contributed by atoms with van der Waals surface area (Å²) in [5.41, 5.74) is 6.23. The summed E-state index contributed by atoms with van der Waals surface area (Å²) in [6, 6.07) is 4.89. The average molecular weight is 294 g/mol. The van der Waals surface area contributed by atoms with Crippen LogP contribution in [0.25, 0.3) is 0 Å². The van der Waals surface area contributed by atoms with Gasteiger partial charge in [-0.25, -0.2) is 14.3 Å². The molecule has 1 atom stereocenters. The first-order chi connectivity index (χ1) is 9.56. The number of hydrogen-bond donors (Lipinski definition) is 2. The maximum absolute atomic E-state index is 14.0. The topological polar surface area (TPSA) is 76.7 Å². The number of hydrogen-bond acceptors (Lipinski definition) is 4. The fourth-order valence-electron chi connectivity index (χ4n) is 2.00. The predicted molar refractivity (Wildman–Crippen MR) is 74.2 cm³/mol. The highest BCUT2D eigenvalue weighted by atomic mass is 32.2. The van der Waals surface area contributed by atoms with Gasteiger partial charge >= 0.3 is 5.69 Å². The molecule has 1 aliphatic carbocycles. The molecule has 1 heterocycles. The van der Waals surface area contributed by atoms with E-state index in [1.54, 1.807) is 23.6 Å². The molecular formula is C13H15FN4OS. The molecule has 3 N–H and O–H groups in total. The van der Waals surface area contributed by atoms with Gasteiger partial charge in [0, 0.05) is 12.1 Å². The normalized spacial score (nSPS) is 16.4. The Kier molecular flexibility index (Phi) is 3.39. The summed E-state index contributed by atoms with van der Waals surface area (Å²) in [7, 11) is 0. The minimum atomic E-state index is -0.345. The summed E-state index contributed by atoms with van der Waals surface area (Å²) in [6.45, 7) is 1.81. The highest BCUT2D eigenvalue weighted by Crippen LogP contribution is 2.38. The van der Waals surface area contributed by atoms with E-state index in [0.29, 0.717) is 10.1 Å². The van der Waals surface area contributed by atoms with E-state index in [1.807, 2.05) is 0 Å². The highest BCUT2D eigenvalue weighted by Gasteiger charge is 2.29. The van der Waals surface area contributed by atoms with Crippen molar-refractivity contribution in [2.45, 2.75) is 41.9 Å². The number of H-pyrrole nitrogens is 1. The molecule has 0 unspecified atom stereocenters. The minimum absolute atomic E-state index is 0.204. The van der Waals surface area contributed by atoms with Crippen molar-refractivity contribution in [3.05, 3.63) is 40.1 Å². The van der Waals surface area contributed by atoms with Crippen LogP contribution < -0.4 is 11.4 Å². The molecule has 0 bridgehead atoms. The molecule has 20 heavy (non-hydrogen) atoms. The zero-order valence-corrected chi connectivity index (χ0v) is 11.8. The van der Waals surface area contributed by atoms with Crippen molar-refractivity contribution in [1.82, 2.24) is 14.8 Å². The summed E-state index contributed by atoms with van der Waals surface area (Å²) in [5, 5.41) is 6.89. The quantitative estimate of drug-likeness (QED) is 0.906. The third kappa shape index (κ3) is 2.51. The van der Waals surface area contributed by atoms with Crippen LogP contribution in [0.3, 0.4) is 0 Å². The lowest BCUT2D eigenvalue weighted by Gasteiger charge is -2.08. The van der Waals surface area contributed by atoms with Crippen LogP contribution in [0.1, 0.15) is 37.4 Å². The van der Waals surface area contributed by atoms with Gasteiger partial charge in [-0.3, -0.25) is 4.57 Å². The van der Waals surface area contributed by atoms with Crippen LogP contribution >= 0.6 is 11.8 Å². The third-order valence-electron chi connectivity index (χ3n) is 3.27. The summed E-state index contributed by atoms with van der Waals surface area (Å²) < 4.78 is 15.7. The zero-order valence-electron chi connectivity index (χ0n) is 11.0. The number of nitrogens with one attached hydrogen (secondary N) is 1. The number of benzene rings is 1. The van der Waals surface area contributed by atoms with E-state index in [0.717, 1.165) is 30.2 Å². The number of aromatic amines is 1. The first kappa shape index (κ1) is 13.4. The molecule has 2 aromatic rings. The second-order valence-electron chi connectivity index (χ2n) is 4.99. The third-order valence-corrected chi connectivity index (χ3v) is 4.29. The summed E-state index contributed by atoms with van der Waals surface area (Å²) >= 11 is 1.16. The molecule has 1 aliphatic rings. The predicted octanol–water partition coefficient (Wildman–Crippen LogP) is 2.22. The van der Waals surface area contributed by atoms with Crippen LogP contribution in [-0.2, 0) is 0 Å². The van der Waals surface area contributed by atoms with Gasteiger partial charge in [-0.2, -0.15) is 0 Å². The molecule has 0 amide bonds. The summed E-state index contributed by atoms with van der Waals surface area (Å²) in [5.74, 6) is -0.345. The minimum Gasteiger partial charge on any atom is -0.324 e. The zero-order chi connectivity index (χ0) is 14.3. The van der Waals surface area contributed by atoms with Crippen molar-refractivity contribution in [3.8, 4) is 0 Å². The van der Waals surface area contributed by atoms with Crippen molar-refractivity contribution in [3.63, 3.8) is 0 Å². The lowest BCUT2D eigenvalue weighted by atomic mass is 10.1. The molecule has 1 aromatic carbocycles. The molecule has 3 rings (SSSR count). The molecule has 5 nitrogen and oxygen atoms in total. The molecule has 0 spiro atoms. The Bertz CT molecular complexity index is 690. The van der Waals surface area contributed by atoms with Gasteiger partial charge < -0.3 is 5.73 Å². The molecule has 1 saturated carbocycles. The van der Waals surface area contributed by atoms with Gasteiger partial charge in [-0.15, -0.1) is 5.10 Å². The fraction of sp³-hybridized carbons (Fsp3) is 0.385. The van der Waals surface area contributed by atoms with E-state index in [1.165, 1.54) is 6.07 Å². The van der Waals surface area contributed by atoms with Crippen molar-refractivity contribution in [2.24, 2.45) is 5.73 Å². The van der Waals surface area contributed by atoms with Crippen molar-refractivity contribution in [2.75, 3.05) is 0 Å². The van der Waals surface area contributed by atoms with Gasteiger partial charge in [0.1, 0.15) is 5.82 Å². The van der Waals surface area contributed by atoms with E-state index in [2.05, 4.69) is 10.2 Å². The maximum atomic E-state index is 14.0. The van der Waals surface area contributed by atoms with Gasteiger partial charge in [-0.05, 0) is 49.2 Å². The van der Waals surface area contributed by atoms with Crippen LogP contribution in [0.15, 0.2) is 33.0 Å². The van der Waals surface area contributed by atoms with E-state index >= 15 is 0 Å². The van der Waals surface area contributed by atoms with E-state index in [-0.39, 0.29) is 23.6 Å². The maximum Gasteiger partial charge on any atom is 0.344 e. The number of aromatic nitrogens is 3. The standard InChI is InChI=1S/C13H15FN4OS/c1-7(15)8-2-5-11(10(14)6-8)20-13-17-16-12(19)18(13)9-3-4-9/h2,5-7,9H,3-4,15H2,1H3,(H,16,19)/t7-/m0/s1. The summed E-state index contributed by atoms with van der Waals surface area (Å²) in [6.07, 6.45) is 1.94. The summed E-state index contributed by atoms with van der Waals surface area (Å²) in [4.78, 5) is 12.1. The van der Waals surface area contributed by atoms with Crippen LogP contribution in [0.5, 0.6) is 0 Å². The van der Waals surface area contributed by atoms with Crippen molar-refractivity contribution in [1.29, 1.82) is 0 Å². The Balaban J connectivity index is 1.90.